The topological polar surface area (TPSA) is 52.6 Å². The standard InChI is InChI=1S/C14H18O4/c1-3-9-17-13(15)11-7-5-6-8-12(11)14(16)18-10-4-2/h3-4,7,9-10,12H,5-6,8H2,1-2H3/b9-3+,10-4+. The Morgan fingerprint density at radius 2 is 1.89 bits per heavy atom. The molecule has 0 bridgehead atoms. The molecule has 1 aliphatic rings. The van der Waals surface area contributed by atoms with E-state index in [4.69, 9.17) is 9.47 Å². The van der Waals surface area contributed by atoms with Gasteiger partial charge in [-0.1, -0.05) is 18.2 Å². The van der Waals surface area contributed by atoms with E-state index < -0.39 is 17.9 Å². The van der Waals surface area contributed by atoms with E-state index in [2.05, 4.69) is 0 Å². The van der Waals surface area contributed by atoms with Crippen LogP contribution in [0.15, 0.2) is 36.3 Å². The number of carbonyl (C=O) groups is 2. The Kier molecular flexibility index (Phi) is 5.91. The van der Waals surface area contributed by atoms with Gasteiger partial charge in [-0.2, -0.15) is 0 Å². The van der Waals surface area contributed by atoms with Crippen LogP contribution >= 0.6 is 0 Å². The summed E-state index contributed by atoms with van der Waals surface area (Å²) in [6.07, 6.45) is 9.92. The summed E-state index contributed by atoms with van der Waals surface area (Å²) in [6.45, 7) is 3.51. The Morgan fingerprint density at radius 3 is 2.56 bits per heavy atom. The molecule has 4 nitrogen and oxygen atoms in total. The maximum absolute atomic E-state index is 11.8. The quantitative estimate of drug-likeness (QED) is 0.568. The molecule has 0 amide bonds. The van der Waals surface area contributed by atoms with Crippen molar-refractivity contribution >= 4 is 11.9 Å². The number of esters is 2. The Morgan fingerprint density at radius 1 is 1.22 bits per heavy atom. The number of allylic oxidation sites excluding steroid dienone is 3. The normalized spacial score (nSPS) is 19.9. The average molecular weight is 250 g/mol. The van der Waals surface area contributed by atoms with Crippen molar-refractivity contribution in [3.63, 3.8) is 0 Å². The second-order valence-corrected chi connectivity index (χ2v) is 3.92. The van der Waals surface area contributed by atoms with Crippen LogP contribution in [0.5, 0.6) is 0 Å². The van der Waals surface area contributed by atoms with Crippen LogP contribution in [-0.4, -0.2) is 11.9 Å². The molecule has 0 spiro atoms. The van der Waals surface area contributed by atoms with Crippen molar-refractivity contribution in [3.8, 4) is 0 Å². The molecule has 0 saturated heterocycles. The van der Waals surface area contributed by atoms with E-state index in [1.807, 2.05) is 0 Å². The molecule has 0 aromatic heterocycles. The van der Waals surface area contributed by atoms with Crippen molar-refractivity contribution < 1.29 is 19.1 Å². The van der Waals surface area contributed by atoms with Gasteiger partial charge in [0.15, 0.2) is 0 Å². The van der Waals surface area contributed by atoms with Crippen LogP contribution in [0.4, 0.5) is 0 Å². The molecular weight excluding hydrogens is 232 g/mol. The Hall–Kier alpha value is -1.84. The fourth-order valence-corrected chi connectivity index (χ4v) is 1.76. The van der Waals surface area contributed by atoms with Crippen LogP contribution in [0.3, 0.4) is 0 Å². The third kappa shape index (κ3) is 3.87. The predicted octanol–water partition coefficient (Wildman–Crippen LogP) is 2.87. The zero-order chi connectivity index (χ0) is 13.4. The summed E-state index contributed by atoms with van der Waals surface area (Å²) in [5.41, 5.74) is 0.397. The fourth-order valence-electron chi connectivity index (χ4n) is 1.76. The lowest BCUT2D eigenvalue weighted by molar-refractivity contribution is -0.145. The van der Waals surface area contributed by atoms with E-state index in [0.29, 0.717) is 12.0 Å². The van der Waals surface area contributed by atoms with Gasteiger partial charge in [0.05, 0.1) is 18.4 Å². The molecule has 1 unspecified atom stereocenters. The first kappa shape index (κ1) is 14.2. The summed E-state index contributed by atoms with van der Waals surface area (Å²) < 4.78 is 9.83. The van der Waals surface area contributed by atoms with Crippen molar-refractivity contribution in [1.82, 2.24) is 0 Å². The molecule has 0 aromatic rings. The minimum atomic E-state index is -0.521. The first-order valence-electron chi connectivity index (χ1n) is 6.04. The number of rotatable bonds is 4. The van der Waals surface area contributed by atoms with Gasteiger partial charge in [-0.05, 0) is 33.1 Å². The second-order valence-electron chi connectivity index (χ2n) is 3.92. The Balaban J connectivity index is 2.76. The molecule has 1 aliphatic carbocycles. The molecule has 0 saturated carbocycles. The molecule has 0 aliphatic heterocycles. The zero-order valence-corrected chi connectivity index (χ0v) is 10.7. The summed E-state index contributed by atoms with van der Waals surface area (Å²) in [7, 11) is 0. The summed E-state index contributed by atoms with van der Waals surface area (Å²) in [6, 6.07) is 0. The molecule has 0 heterocycles. The van der Waals surface area contributed by atoms with Crippen LogP contribution in [0.2, 0.25) is 0 Å². The highest BCUT2D eigenvalue weighted by Crippen LogP contribution is 2.27. The maximum atomic E-state index is 11.8. The van der Waals surface area contributed by atoms with Crippen LogP contribution in [0.25, 0.3) is 0 Å². The molecule has 98 valence electrons. The first-order valence-corrected chi connectivity index (χ1v) is 6.04. The molecule has 18 heavy (non-hydrogen) atoms. The van der Waals surface area contributed by atoms with E-state index in [1.54, 1.807) is 32.1 Å². The van der Waals surface area contributed by atoms with Crippen LogP contribution in [0.1, 0.15) is 33.1 Å². The maximum Gasteiger partial charge on any atom is 0.339 e. The highest BCUT2D eigenvalue weighted by molar-refractivity contribution is 5.96. The van der Waals surface area contributed by atoms with Gasteiger partial charge >= 0.3 is 11.9 Å². The van der Waals surface area contributed by atoms with Crippen molar-refractivity contribution in [3.05, 3.63) is 36.3 Å². The SMILES string of the molecule is C/C=C/OC(=O)C1=CCCCC1C(=O)O/C=C/C. The summed E-state index contributed by atoms with van der Waals surface area (Å²) in [5, 5.41) is 0. The van der Waals surface area contributed by atoms with Gasteiger partial charge in [0.1, 0.15) is 0 Å². The number of hydrogen-bond donors (Lipinski definition) is 0. The summed E-state index contributed by atoms with van der Waals surface area (Å²) in [4.78, 5) is 23.6. The minimum absolute atomic E-state index is 0.397. The molecule has 4 heteroatoms. The third-order valence-electron chi connectivity index (χ3n) is 2.59. The van der Waals surface area contributed by atoms with Gasteiger partial charge in [-0.15, -0.1) is 0 Å². The van der Waals surface area contributed by atoms with Gasteiger partial charge < -0.3 is 9.47 Å². The number of carbonyl (C=O) groups excluding carboxylic acids is 2. The first-order chi connectivity index (χ1) is 8.70. The second kappa shape index (κ2) is 7.48. The number of hydrogen-bond acceptors (Lipinski definition) is 4. The summed E-state index contributed by atoms with van der Waals surface area (Å²) in [5.74, 6) is -1.40. The van der Waals surface area contributed by atoms with Crippen molar-refractivity contribution in [1.29, 1.82) is 0 Å². The molecule has 0 radical (unpaired) electrons. The third-order valence-corrected chi connectivity index (χ3v) is 2.59. The molecule has 0 fully saturated rings. The average Bonchev–Trinajstić information content (AvgIpc) is 2.42. The predicted molar refractivity (Wildman–Crippen MR) is 67.2 cm³/mol. The van der Waals surface area contributed by atoms with Gasteiger partial charge in [-0.3, -0.25) is 4.79 Å². The number of ether oxygens (including phenoxy) is 2. The zero-order valence-electron chi connectivity index (χ0n) is 10.7. The smallest absolute Gasteiger partial charge is 0.339 e. The van der Waals surface area contributed by atoms with Gasteiger partial charge in [-0.25, -0.2) is 4.79 Å². The van der Waals surface area contributed by atoms with Crippen molar-refractivity contribution in [2.45, 2.75) is 33.1 Å². The van der Waals surface area contributed by atoms with E-state index in [1.165, 1.54) is 12.5 Å². The summed E-state index contributed by atoms with van der Waals surface area (Å²) >= 11 is 0. The lowest BCUT2D eigenvalue weighted by Crippen LogP contribution is -2.25. The van der Waals surface area contributed by atoms with Crippen LogP contribution < -0.4 is 0 Å². The molecule has 0 aromatic carbocycles. The Labute approximate surface area is 107 Å². The van der Waals surface area contributed by atoms with Crippen LogP contribution in [0, 0.1) is 5.92 Å². The molecule has 1 rings (SSSR count). The van der Waals surface area contributed by atoms with E-state index in [-0.39, 0.29) is 0 Å². The highest BCUT2D eigenvalue weighted by atomic mass is 16.5. The van der Waals surface area contributed by atoms with Crippen molar-refractivity contribution in [2.24, 2.45) is 5.92 Å². The van der Waals surface area contributed by atoms with Gasteiger partial charge in [0.25, 0.3) is 0 Å². The molecular formula is C14H18O4. The van der Waals surface area contributed by atoms with Gasteiger partial charge in [0, 0.05) is 5.57 Å². The largest absolute Gasteiger partial charge is 0.434 e. The lowest BCUT2D eigenvalue weighted by atomic mass is 9.88. The van der Waals surface area contributed by atoms with E-state index in [0.717, 1.165) is 12.8 Å². The van der Waals surface area contributed by atoms with E-state index >= 15 is 0 Å². The molecule has 1 atom stereocenters. The van der Waals surface area contributed by atoms with E-state index in [9.17, 15) is 9.59 Å². The highest BCUT2D eigenvalue weighted by Gasteiger charge is 2.31. The minimum Gasteiger partial charge on any atom is -0.434 e. The van der Waals surface area contributed by atoms with Crippen LogP contribution in [-0.2, 0) is 19.1 Å². The van der Waals surface area contributed by atoms with Gasteiger partial charge in [0.2, 0.25) is 0 Å². The Bertz CT molecular complexity index is 391. The molecule has 0 N–H and O–H groups in total. The fraction of sp³-hybridized carbons (Fsp3) is 0.429. The lowest BCUT2D eigenvalue weighted by Gasteiger charge is -2.20. The van der Waals surface area contributed by atoms with Crippen molar-refractivity contribution in [2.75, 3.05) is 0 Å². The monoisotopic (exact) mass is 250 g/mol.